The lowest BCUT2D eigenvalue weighted by Gasteiger charge is -2.08. The number of nitrogens with zero attached hydrogens (tertiary/aromatic N) is 3. The molecule has 0 saturated heterocycles. The van der Waals surface area contributed by atoms with E-state index in [-0.39, 0.29) is 5.02 Å². The van der Waals surface area contributed by atoms with Crippen LogP contribution < -0.4 is 10.6 Å². The zero-order chi connectivity index (χ0) is 17.5. The molecule has 2 aromatic carbocycles. The van der Waals surface area contributed by atoms with Crippen LogP contribution in [0, 0.1) is 5.82 Å². The minimum atomic E-state index is -0.464. The smallest absolute Gasteiger partial charge is 0.244 e. The van der Waals surface area contributed by atoms with E-state index in [4.69, 9.17) is 11.6 Å². The van der Waals surface area contributed by atoms with Crippen LogP contribution in [0.15, 0.2) is 54.7 Å². The van der Waals surface area contributed by atoms with Gasteiger partial charge in [-0.25, -0.2) is 4.39 Å². The highest BCUT2D eigenvalue weighted by atomic mass is 35.5. The van der Waals surface area contributed by atoms with Gasteiger partial charge in [-0.3, -0.25) is 0 Å². The molecule has 0 aliphatic carbocycles. The zero-order valence-corrected chi connectivity index (χ0v) is 14.2. The van der Waals surface area contributed by atoms with Crippen LogP contribution in [-0.4, -0.2) is 21.7 Å². The van der Waals surface area contributed by atoms with Crippen LogP contribution >= 0.6 is 11.6 Å². The summed E-state index contributed by atoms with van der Waals surface area (Å²) in [7, 11) is 0. The first kappa shape index (κ1) is 17.1. The SMILES string of the molecule is Fc1ccc(Nc2cnnc(NCCCc3ccccc3)n2)cc1Cl. The Labute approximate surface area is 150 Å². The van der Waals surface area contributed by atoms with E-state index in [1.54, 1.807) is 6.07 Å². The van der Waals surface area contributed by atoms with E-state index < -0.39 is 5.82 Å². The summed E-state index contributed by atoms with van der Waals surface area (Å²) in [6.07, 6.45) is 3.43. The lowest BCUT2D eigenvalue weighted by molar-refractivity contribution is 0.628. The summed E-state index contributed by atoms with van der Waals surface area (Å²) < 4.78 is 13.2. The van der Waals surface area contributed by atoms with Crippen LogP contribution in [0.25, 0.3) is 0 Å². The Bertz CT molecular complexity index is 829. The average molecular weight is 358 g/mol. The highest BCUT2D eigenvalue weighted by Gasteiger charge is 2.04. The topological polar surface area (TPSA) is 62.7 Å². The van der Waals surface area contributed by atoms with E-state index in [0.717, 1.165) is 19.4 Å². The molecule has 0 spiro atoms. The second-order valence-corrected chi connectivity index (χ2v) is 5.84. The van der Waals surface area contributed by atoms with Crippen molar-refractivity contribution in [3.63, 3.8) is 0 Å². The van der Waals surface area contributed by atoms with Crippen LogP contribution in [0.4, 0.5) is 21.8 Å². The molecule has 5 nitrogen and oxygen atoms in total. The molecule has 7 heteroatoms. The van der Waals surface area contributed by atoms with Gasteiger partial charge in [0, 0.05) is 12.2 Å². The summed E-state index contributed by atoms with van der Waals surface area (Å²) in [4.78, 5) is 4.33. The number of rotatable bonds is 7. The Kier molecular flexibility index (Phi) is 5.74. The quantitative estimate of drug-likeness (QED) is 0.611. The number of aryl methyl sites for hydroxylation is 1. The van der Waals surface area contributed by atoms with Gasteiger partial charge in [-0.2, -0.15) is 10.1 Å². The molecule has 0 aliphatic rings. The molecule has 1 heterocycles. The molecule has 0 saturated carbocycles. The predicted octanol–water partition coefficient (Wildman–Crippen LogP) is 4.45. The number of anilines is 3. The van der Waals surface area contributed by atoms with E-state index >= 15 is 0 Å². The summed E-state index contributed by atoms with van der Waals surface area (Å²) in [5.74, 6) is 0.475. The fourth-order valence-corrected chi connectivity index (χ4v) is 2.48. The van der Waals surface area contributed by atoms with Gasteiger partial charge in [-0.1, -0.05) is 41.9 Å². The van der Waals surface area contributed by atoms with Crippen molar-refractivity contribution in [1.82, 2.24) is 15.2 Å². The van der Waals surface area contributed by atoms with Crippen LogP contribution in [0.5, 0.6) is 0 Å². The third-order valence-electron chi connectivity index (χ3n) is 3.52. The summed E-state index contributed by atoms with van der Waals surface area (Å²) in [6.45, 7) is 0.738. The number of hydrogen-bond donors (Lipinski definition) is 2. The van der Waals surface area contributed by atoms with Gasteiger partial charge in [0.05, 0.1) is 11.2 Å². The van der Waals surface area contributed by atoms with Gasteiger partial charge in [-0.05, 0) is 36.6 Å². The van der Waals surface area contributed by atoms with Crippen molar-refractivity contribution in [2.45, 2.75) is 12.8 Å². The standard InChI is InChI=1S/C18H17ClFN5/c19-15-11-14(8-9-16(15)20)23-17-12-22-25-18(24-17)21-10-4-7-13-5-2-1-3-6-13/h1-3,5-6,8-9,11-12H,4,7,10H2,(H2,21,23,24,25). The van der Waals surface area contributed by atoms with Crippen molar-refractivity contribution >= 4 is 29.1 Å². The van der Waals surface area contributed by atoms with Crippen LogP contribution in [0.1, 0.15) is 12.0 Å². The fraction of sp³-hybridized carbons (Fsp3) is 0.167. The molecule has 3 aromatic rings. The summed E-state index contributed by atoms with van der Waals surface area (Å²) in [6, 6.07) is 14.7. The van der Waals surface area contributed by atoms with Crippen molar-refractivity contribution in [2.75, 3.05) is 17.2 Å². The Hall–Kier alpha value is -2.73. The monoisotopic (exact) mass is 357 g/mol. The van der Waals surface area contributed by atoms with Gasteiger partial charge < -0.3 is 10.6 Å². The number of hydrogen-bond acceptors (Lipinski definition) is 5. The molecule has 0 unspecified atom stereocenters. The molecule has 0 aliphatic heterocycles. The maximum Gasteiger partial charge on any atom is 0.244 e. The summed E-state index contributed by atoms with van der Waals surface area (Å²) in [5.41, 5.74) is 1.92. The number of benzene rings is 2. The van der Waals surface area contributed by atoms with Crippen molar-refractivity contribution in [1.29, 1.82) is 0 Å². The van der Waals surface area contributed by atoms with Gasteiger partial charge >= 0.3 is 0 Å². The minimum absolute atomic E-state index is 0.0475. The van der Waals surface area contributed by atoms with Crippen LogP contribution in [0.2, 0.25) is 5.02 Å². The third kappa shape index (κ3) is 5.12. The Morgan fingerprint density at radius 2 is 1.92 bits per heavy atom. The third-order valence-corrected chi connectivity index (χ3v) is 3.81. The fourth-order valence-electron chi connectivity index (χ4n) is 2.30. The molecule has 0 fully saturated rings. The van der Waals surface area contributed by atoms with E-state index in [0.29, 0.717) is 17.5 Å². The van der Waals surface area contributed by atoms with E-state index in [1.807, 2.05) is 18.2 Å². The zero-order valence-electron chi connectivity index (χ0n) is 13.4. The van der Waals surface area contributed by atoms with Crippen molar-refractivity contribution in [3.8, 4) is 0 Å². The number of nitrogens with one attached hydrogen (secondary N) is 2. The molecule has 0 radical (unpaired) electrons. The Balaban J connectivity index is 1.53. The average Bonchev–Trinajstić information content (AvgIpc) is 2.63. The molecule has 128 valence electrons. The van der Waals surface area contributed by atoms with E-state index in [1.165, 1.54) is 23.9 Å². The largest absolute Gasteiger partial charge is 0.353 e. The normalized spacial score (nSPS) is 10.5. The number of aromatic nitrogens is 3. The van der Waals surface area contributed by atoms with Crippen LogP contribution in [-0.2, 0) is 6.42 Å². The first-order valence-electron chi connectivity index (χ1n) is 7.90. The highest BCUT2D eigenvalue weighted by molar-refractivity contribution is 6.31. The first-order valence-corrected chi connectivity index (χ1v) is 8.28. The van der Waals surface area contributed by atoms with Crippen molar-refractivity contribution in [2.24, 2.45) is 0 Å². The molecule has 2 N–H and O–H groups in total. The second kappa shape index (κ2) is 8.39. The molecular formula is C18H17ClFN5. The number of halogens is 2. The minimum Gasteiger partial charge on any atom is -0.353 e. The second-order valence-electron chi connectivity index (χ2n) is 5.44. The molecular weight excluding hydrogens is 341 g/mol. The van der Waals surface area contributed by atoms with E-state index in [9.17, 15) is 4.39 Å². The Morgan fingerprint density at radius 1 is 1.08 bits per heavy atom. The molecule has 0 atom stereocenters. The summed E-state index contributed by atoms with van der Waals surface area (Å²) >= 11 is 5.77. The Morgan fingerprint density at radius 3 is 2.72 bits per heavy atom. The highest BCUT2D eigenvalue weighted by Crippen LogP contribution is 2.21. The van der Waals surface area contributed by atoms with Gasteiger partial charge in [-0.15, -0.1) is 5.10 Å². The summed E-state index contributed by atoms with van der Waals surface area (Å²) in [5, 5.41) is 14.1. The lowest BCUT2D eigenvalue weighted by Crippen LogP contribution is -2.08. The molecule has 1 aromatic heterocycles. The van der Waals surface area contributed by atoms with Crippen molar-refractivity contribution in [3.05, 3.63) is 71.1 Å². The van der Waals surface area contributed by atoms with E-state index in [2.05, 4.69) is 37.9 Å². The van der Waals surface area contributed by atoms with Crippen LogP contribution in [0.3, 0.4) is 0 Å². The maximum absolute atomic E-state index is 13.2. The van der Waals surface area contributed by atoms with Gasteiger partial charge in [0.25, 0.3) is 0 Å². The predicted molar refractivity (Wildman–Crippen MR) is 97.8 cm³/mol. The molecule has 0 amide bonds. The molecule has 3 rings (SSSR count). The van der Waals surface area contributed by atoms with Crippen molar-refractivity contribution < 1.29 is 4.39 Å². The lowest BCUT2D eigenvalue weighted by atomic mass is 10.1. The molecule has 0 bridgehead atoms. The maximum atomic E-state index is 13.2. The molecule has 25 heavy (non-hydrogen) atoms. The van der Waals surface area contributed by atoms with Gasteiger partial charge in [0.2, 0.25) is 5.95 Å². The first-order chi connectivity index (χ1) is 12.2. The van der Waals surface area contributed by atoms with Gasteiger partial charge in [0.15, 0.2) is 5.82 Å². The van der Waals surface area contributed by atoms with Gasteiger partial charge in [0.1, 0.15) is 5.82 Å².